The summed E-state index contributed by atoms with van der Waals surface area (Å²) in [6.07, 6.45) is 1.52. The molecule has 1 aromatic rings. The number of carbonyl (C=O) groups is 3. The number of nitrogens with one attached hydrogen (secondary N) is 2. The molecule has 1 heterocycles. The van der Waals surface area contributed by atoms with Gasteiger partial charge in [0.15, 0.2) is 0 Å². The zero-order valence-electron chi connectivity index (χ0n) is 12.6. The number of unbranched alkanes of at least 4 members (excludes halogenated alkanes) is 1. The highest BCUT2D eigenvalue weighted by Gasteiger charge is 2.19. The molecule has 1 rings (SSSR count). The van der Waals surface area contributed by atoms with Gasteiger partial charge in [-0.05, 0) is 31.2 Å². The predicted octanol–water partition coefficient (Wildman–Crippen LogP) is 1.41. The van der Waals surface area contributed by atoms with Gasteiger partial charge in [-0.3, -0.25) is 9.59 Å². The molecule has 0 bridgehead atoms. The van der Waals surface area contributed by atoms with E-state index in [1.54, 1.807) is 25.5 Å². The third kappa shape index (κ3) is 5.82. The Kier molecular flexibility index (Phi) is 8.16. The van der Waals surface area contributed by atoms with E-state index in [2.05, 4.69) is 10.6 Å². The minimum atomic E-state index is -0.806. The third-order valence-corrected chi connectivity index (χ3v) is 3.48. The number of amides is 2. The van der Waals surface area contributed by atoms with Gasteiger partial charge >= 0.3 is 17.8 Å². The van der Waals surface area contributed by atoms with Crippen LogP contribution in [-0.4, -0.2) is 44.7 Å². The summed E-state index contributed by atoms with van der Waals surface area (Å²) in [5, 5.41) is 6.88. The van der Waals surface area contributed by atoms with Gasteiger partial charge in [0.2, 0.25) is 0 Å². The quantitative estimate of drug-likeness (QED) is 0.427. The normalized spacial score (nSPS) is 10.1. The first-order valence-electron chi connectivity index (χ1n) is 6.92. The molecule has 0 atom stereocenters. The van der Waals surface area contributed by atoms with Crippen molar-refractivity contribution in [3.05, 3.63) is 17.0 Å². The fourth-order valence-electron chi connectivity index (χ4n) is 1.59. The lowest BCUT2D eigenvalue weighted by Gasteiger charge is -2.07. The SMILES string of the molecule is CCOC(=O)c1ccsc1NC(=O)C(=O)NCCCCOC. The van der Waals surface area contributed by atoms with Crippen molar-refractivity contribution in [3.8, 4) is 0 Å². The monoisotopic (exact) mass is 328 g/mol. The van der Waals surface area contributed by atoms with E-state index in [0.29, 0.717) is 18.2 Å². The number of hydrogen-bond donors (Lipinski definition) is 2. The average Bonchev–Trinajstić information content (AvgIpc) is 2.95. The Morgan fingerprint density at radius 1 is 1.23 bits per heavy atom. The van der Waals surface area contributed by atoms with Gasteiger partial charge < -0.3 is 20.1 Å². The van der Waals surface area contributed by atoms with Crippen molar-refractivity contribution in [3.63, 3.8) is 0 Å². The van der Waals surface area contributed by atoms with Gasteiger partial charge in [0.25, 0.3) is 0 Å². The molecular formula is C14H20N2O5S. The summed E-state index contributed by atoms with van der Waals surface area (Å²) in [7, 11) is 1.61. The van der Waals surface area contributed by atoms with Crippen molar-refractivity contribution < 1.29 is 23.9 Å². The number of esters is 1. The average molecular weight is 328 g/mol. The van der Waals surface area contributed by atoms with Gasteiger partial charge in [-0.15, -0.1) is 11.3 Å². The van der Waals surface area contributed by atoms with Crippen LogP contribution in [0.25, 0.3) is 0 Å². The van der Waals surface area contributed by atoms with Crippen LogP contribution in [0, 0.1) is 0 Å². The molecule has 0 aliphatic heterocycles. The third-order valence-electron chi connectivity index (χ3n) is 2.65. The largest absolute Gasteiger partial charge is 0.462 e. The summed E-state index contributed by atoms with van der Waals surface area (Å²) >= 11 is 1.16. The first-order valence-corrected chi connectivity index (χ1v) is 7.80. The van der Waals surface area contributed by atoms with Crippen molar-refractivity contribution in [1.29, 1.82) is 0 Å². The first-order chi connectivity index (χ1) is 10.6. The molecule has 2 amide bonds. The molecule has 122 valence electrons. The molecule has 7 nitrogen and oxygen atoms in total. The molecule has 2 N–H and O–H groups in total. The van der Waals surface area contributed by atoms with Gasteiger partial charge in [-0.2, -0.15) is 0 Å². The second-order valence-corrected chi connectivity index (χ2v) is 5.21. The second kappa shape index (κ2) is 9.91. The van der Waals surface area contributed by atoms with E-state index >= 15 is 0 Å². The van der Waals surface area contributed by atoms with E-state index in [1.165, 1.54) is 0 Å². The molecule has 0 fully saturated rings. The Labute approximate surface area is 133 Å². The van der Waals surface area contributed by atoms with E-state index in [4.69, 9.17) is 9.47 Å². The molecule has 0 saturated heterocycles. The van der Waals surface area contributed by atoms with Gasteiger partial charge in [-0.25, -0.2) is 4.79 Å². The number of methoxy groups -OCH3 is 1. The molecule has 0 radical (unpaired) electrons. The molecule has 1 aromatic heterocycles. The molecular weight excluding hydrogens is 308 g/mol. The number of carbonyl (C=O) groups excluding carboxylic acids is 3. The lowest BCUT2D eigenvalue weighted by Crippen LogP contribution is -2.36. The number of hydrogen-bond acceptors (Lipinski definition) is 6. The molecule has 8 heteroatoms. The van der Waals surface area contributed by atoms with Crippen LogP contribution >= 0.6 is 11.3 Å². The van der Waals surface area contributed by atoms with Crippen molar-refractivity contribution in [1.82, 2.24) is 5.32 Å². The summed E-state index contributed by atoms with van der Waals surface area (Å²) < 4.78 is 9.76. The van der Waals surface area contributed by atoms with Gasteiger partial charge in [0.1, 0.15) is 5.00 Å². The molecule has 0 aliphatic carbocycles. The summed E-state index contributed by atoms with van der Waals surface area (Å²) in [6.45, 7) is 2.94. The van der Waals surface area contributed by atoms with E-state index in [9.17, 15) is 14.4 Å². The highest BCUT2D eigenvalue weighted by Crippen LogP contribution is 2.23. The number of anilines is 1. The standard InChI is InChI=1S/C14H20N2O5S/c1-3-21-14(19)10-6-9-22-13(10)16-12(18)11(17)15-7-4-5-8-20-2/h6,9H,3-5,7-8H2,1-2H3,(H,15,17)(H,16,18). The van der Waals surface area contributed by atoms with Gasteiger partial charge in [0, 0.05) is 20.3 Å². The Hall–Kier alpha value is -1.93. The fraction of sp³-hybridized carbons (Fsp3) is 0.500. The van der Waals surface area contributed by atoms with Crippen LogP contribution in [0.3, 0.4) is 0 Å². The maximum Gasteiger partial charge on any atom is 0.341 e. The molecule has 22 heavy (non-hydrogen) atoms. The summed E-state index contributed by atoms with van der Waals surface area (Å²) in [5.74, 6) is -2.07. The van der Waals surface area contributed by atoms with Crippen LogP contribution in [0.2, 0.25) is 0 Å². The van der Waals surface area contributed by atoms with Crippen LogP contribution < -0.4 is 10.6 Å². The predicted molar refractivity (Wildman–Crippen MR) is 83.0 cm³/mol. The topological polar surface area (TPSA) is 93.7 Å². The first kappa shape index (κ1) is 18.1. The van der Waals surface area contributed by atoms with Crippen molar-refractivity contribution in [2.24, 2.45) is 0 Å². The number of ether oxygens (including phenoxy) is 2. The zero-order chi connectivity index (χ0) is 16.4. The van der Waals surface area contributed by atoms with E-state index in [0.717, 1.165) is 24.2 Å². The fourth-order valence-corrected chi connectivity index (χ4v) is 2.36. The van der Waals surface area contributed by atoms with Gasteiger partial charge in [-0.1, -0.05) is 0 Å². The Balaban J connectivity index is 2.46. The summed E-state index contributed by atoms with van der Waals surface area (Å²) in [6, 6.07) is 1.54. The number of rotatable bonds is 8. The van der Waals surface area contributed by atoms with Gasteiger partial charge in [0.05, 0.1) is 12.2 Å². The molecule has 0 saturated carbocycles. The van der Waals surface area contributed by atoms with E-state index in [-0.39, 0.29) is 12.2 Å². The molecule has 0 spiro atoms. The Morgan fingerprint density at radius 2 is 2.00 bits per heavy atom. The van der Waals surface area contributed by atoms with E-state index < -0.39 is 17.8 Å². The van der Waals surface area contributed by atoms with Crippen molar-refractivity contribution in [2.45, 2.75) is 19.8 Å². The lowest BCUT2D eigenvalue weighted by molar-refractivity contribution is -0.136. The van der Waals surface area contributed by atoms with E-state index in [1.807, 2.05) is 0 Å². The van der Waals surface area contributed by atoms with Crippen LogP contribution in [0.1, 0.15) is 30.1 Å². The van der Waals surface area contributed by atoms with Crippen LogP contribution in [0.5, 0.6) is 0 Å². The molecule has 0 aliphatic rings. The van der Waals surface area contributed by atoms with Crippen molar-refractivity contribution >= 4 is 34.1 Å². The van der Waals surface area contributed by atoms with Crippen molar-refractivity contribution in [2.75, 3.05) is 32.2 Å². The van der Waals surface area contributed by atoms with Crippen LogP contribution in [-0.2, 0) is 19.1 Å². The minimum absolute atomic E-state index is 0.240. The smallest absolute Gasteiger partial charge is 0.341 e. The lowest BCUT2D eigenvalue weighted by atomic mass is 10.3. The second-order valence-electron chi connectivity index (χ2n) is 4.29. The maximum absolute atomic E-state index is 11.8. The molecule has 0 unspecified atom stereocenters. The minimum Gasteiger partial charge on any atom is -0.462 e. The maximum atomic E-state index is 11.8. The van der Waals surface area contributed by atoms with Crippen LogP contribution in [0.15, 0.2) is 11.4 Å². The summed E-state index contributed by atoms with van der Waals surface area (Å²) in [4.78, 5) is 35.1. The highest BCUT2D eigenvalue weighted by molar-refractivity contribution is 7.14. The Morgan fingerprint density at radius 3 is 2.68 bits per heavy atom. The van der Waals surface area contributed by atoms with Crippen LogP contribution in [0.4, 0.5) is 5.00 Å². The Bertz CT molecular complexity index is 515. The summed E-state index contributed by atoms with van der Waals surface area (Å²) in [5.41, 5.74) is 0.244. The zero-order valence-corrected chi connectivity index (χ0v) is 13.5. The molecule has 0 aromatic carbocycles. The number of thiophene rings is 1. The highest BCUT2D eigenvalue weighted by atomic mass is 32.1.